The third-order valence-corrected chi connectivity index (χ3v) is 8.57. The first-order valence-electron chi connectivity index (χ1n) is 12.4. The number of rotatable bonds is 8. The van der Waals surface area contributed by atoms with Gasteiger partial charge in [-0.2, -0.15) is 19.3 Å². The number of nitrogens with zero attached hydrogens (tertiary/aromatic N) is 7. The van der Waals surface area contributed by atoms with Crippen LogP contribution in [0.15, 0.2) is 59.9 Å². The quantitative estimate of drug-likeness (QED) is 0.323. The molecule has 1 atom stereocenters. The smallest absolute Gasteiger partial charge is 0.264 e. The van der Waals surface area contributed by atoms with Crippen molar-refractivity contribution in [1.29, 1.82) is 5.41 Å². The molecule has 0 spiro atoms. The summed E-state index contributed by atoms with van der Waals surface area (Å²) in [5.41, 5.74) is 4.75. The van der Waals surface area contributed by atoms with Crippen LogP contribution in [-0.2, 0) is 30.7 Å². The topological polar surface area (TPSA) is 125 Å². The molecule has 204 valence electrons. The molecule has 0 amide bonds. The van der Waals surface area contributed by atoms with Crippen molar-refractivity contribution in [3.63, 3.8) is 0 Å². The molecule has 0 radical (unpaired) electrons. The van der Waals surface area contributed by atoms with Crippen molar-refractivity contribution in [3.8, 4) is 0 Å². The van der Waals surface area contributed by atoms with E-state index in [1.165, 1.54) is 33.6 Å². The monoisotopic (exact) mass is 551 g/mol. The van der Waals surface area contributed by atoms with Crippen LogP contribution in [0, 0.1) is 18.2 Å². The van der Waals surface area contributed by atoms with Crippen molar-refractivity contribution in [3.05, 3.63) is 83.1 Å². The van der Waals surface area contributed by atoms with Gasteiger partial charge in [0, 0.05) is 75.7 Å². The van der Waals surface area contributed by atoms with Gasteiger partial charge in [0.1, 0.15) is 5.82 Å². The van der Waals surface area contributed by atoms with Crippen LogP contribution in [0.1, 0.15) is 28.4 Å². The van der Waals surface area contributed by atoms with E-state index in [2.05, 4.69) is 25.5 Å². The van der Waals surface area contributed by atoms with Crippen LogP contribution < -0.4 is 5.32 Å². The summed E-state index contributed by atoms with van der Waals surface area (Å²) in [5, 5.41) is 23.8. The summed E-state index contributed by atoms with van der Waals surface area (Å²) >= 11 is 0. The maximum atomic E-state index is 13.4. The molecule has 5 rings (SSSR count). The van der Waals surface area contributed by atoms with Crippen LogP contribution >= 0.6 is 0 Å². The molecule has 11 nitrogen and oxygen atoms in total. The van der Waals surface area contributed by atoms with Gasteiger partial charge in [0.2, 0.25) is 5.03 Å². The summed E-state index contributed by atoms with van der Waals surface area (Å²) in [4.78, 5) is 3.45. The zero-order valence-corrected chi connectivity index (χ0v) is 22.7. The summed E-state index contributed by atoms with van der Waals surface area (Å²) in [6, 6.07) is 11.5. The van der Waals surface area contributed by atoms with Gasteiger partial charge in [0.05, 0.1) is 11.9 Å². The molecule has 0 aliphatic carbocycles. The Morgan fingerprint density at radius 2 is 1.90 bits per heavy atom. The molecule has 1 aliphatic heterocycles. The summed E-state index contributed by atoms with van der Waals surface area (Å²) in [6.07, 6.45) is 4.40. The second-order valence-electron chi connectivity index (χ2n) is 9.57. The van der Waals surface area contributed by atoms with E-state index in [1.807, 2.05) is 38.4 Å². The van der Waals surface area contributed by atoms with Crippen molar-refractivity contribution in [2.24, 2.45) is 14.1 Å². The zero-order chi connectivity index (χ0) is 27.7. The molecule has 2 N–H and O–H groups in total. The molecule has 0 unspecified atom stereocenters. The fraction of sp³-hybridized carbons (Fsp3) is 0.308. The number of anilines is 2. The minimum atomic E-state index is -3.85. The predicted octanol–water partition coefficient (Wildman–Crippen LogP) is 2.99. The maximum Gasteiger partial charge on any atom is 0.264 e. The van der Waals surface area contributed by atoms with Gasteiger partial charge in [0.25, 0.3) is 10.0 Å². The fourth-order valence-corrected chi connectivity index (χ4v) is 6.17. The minimum absolute atomic E-state index is 0.0855. The molecule has 1 fully saturated rings. The lowest BCUT2D eigenvalue weighted by molar-refractivity contribution is 0.108. The Kier molecular flexibility index (Phi) is 7.30. The van der Waals surface area contributed by atoms with Crippen molar-refractivity contribution in [1.82, 2.24) is 34.0 Å². The van der Waals surface area contributed by atoms with Crippen LogP contribution in [0.2, 0.25) is 0 Å². The first-order valence-corrected chi connectivity index (χ1v) is 13.8. The van der Waals surface area contributed by atoms with Crippen LogP contribution in [-0.4, -0.2) is 68.2 Å². The van der Waals surface area contributed by atoms with E-state index in [-0.39, 0.29) is 23.4 Å². The number of halogens is 1. The molecule has 1 saturated heterocycles. The first-order chi connectivity index (χ1) is 18.6. The third kappa shape index (κ3) is 5.60. The van der Waals surface area contributed by atoms with E-state index in [0.29, 0.717) is 36.6 Å². The van der Waals surface area contributed by atoms with Crippen LogP contribution in [0.4, 0.5) is 15.8 Å². The highest BCUT2D eigenvalue weighted by Gasteiger charge is 2.37. The van der Waals surface area contributed by atoms with Crippen molar-refractivity contribution < 1.29 is 12.8 Å². The Labute approximate surface area is 226 Å². The van der Waals surface area contributed by atoms with Gasteiger partial charge in [0.15, 0.2) is 0 Å². The lowest BCUT2D eigenvalue weighted by Gasteiger charge is -2.41. The summed E-state index contributed by atoms with van der Waals surface area (Å²) in [5.74, 6) is -0.328. The average Bonchev–Trinajstić information content (AvgIpc) is 3.54. The van der Waals surface area contributed by atoms with E-state index in [1.54, 1.807) is 23.9 Å². The molecule has 39 heavy (non-hydrogen) atoms. The fourth-order valence-electron chi connectivity index (χ4n) is 4.85. The molecule has 2 aromatic carbocycles. The highest BCUT2D eigenvalue weighted by atomic mass is 32.2. The van der Waals surface area contributed by atoms with Crippen LogP contribution in [0.5, 0.6) is 0 Å². The standard InChI is InChI=1S/C26H30FN9O2S/c1-18-12-24(30-21-6-4-20(27)5-7-21)19(14-28)13-23(18)25-17-36(39(37,38)26-15-29-34(3)32-26)11-10-35(25)16-22-8-9-33(2)31-22/h4-9,12-15,25,28,30H,10-11,16-17H2,1-3H3/t25-/m1/s1. The number of hydrogen-bond acceptors (Lipinski definition) is 8. The number of piperazine rings is 1. The minimum Gasteiger partial charge on any atom is -0.355 e. The maximum absolute atomic E-state index is 13.4. The molecule has 13 heteroatoms. The van der Waals surface area contributed by atoms with Gasteiger partial charge in [-0.3, -0.25) is 9.58 Å². The lowest BCUT2D eigenvalue weighted by atomic mass is 9.94. The third-order valence-electron chi connectivity index (χ3n) is 6.85. The Hall–Kier alpha value is -3.94. The first kappa shape index (κ1) is 26.7. The summed E-state index contributed by atoms with van der Waals surface area (Å²) < 4.78 is 43.5. The van der Waals surface area contributed by atoms with E-state index < -0.39 is 10.0 Å². The van der Waals surface area contributed by atoms with Crippen molar-refractivity contribution in [2.75, 3.05) is 25.0 Å². The number of nitrogens with one attached hydrogen (secondary N) is 2. The highest BCUT2D eigenvalue weighted by Crippen LogP contribution is 2.34. The van der Waals surface area contributed by atoms with E-state index in [0.717, 1.165) is 16.8 Å². The Bertz CT molecular complexity index is 1600. The van der Waals surface area contributed by atoms with Gasteiger partial charge in [-0.15, -0.1) is 5.10 Å². The molecule has 2 aromatic heterocycles. The summed E-state index contributed by atoms with van der Waals surface area (Å²) in [6.45, 7) is 3.49. The highest BCUT2D eigenvalue weighted by molar-refractivity contribution is 7.89. The molecule has 4 aromatic rings. The van der Waals surface area contributed by atoms with E-state index in [4.69, 9.17) is 5.41 Å². The molecular weight excluding hydrogens is 521 g/mol. The summed E-state index contributed by atoms with van der Waals surface area (Å²) in [7, 11) is -0.410. The SMILES string of the molecule is Cc1cc(Nc2ccc(F)cc2)c(C=N)cc1[C@H]1CN(S(=O)(=O)c2cnn(C)n2)CCN1Cc1ccn(C)n1. The Balaban J connectivity index is 1.50. The molecule has 3 heterocycles. The molecule has 1 aliphatic rings. The van der Waals surface area contributed by atoms with Gasteiger partial charge >= 0.3 is 0 Å². The van der Waals surface area contributed by atoms with E-state index in [9.17, 15) is 12.8 Å². The largest absolute Gasteiger partial charge is 0.355 e. The predicted molar refractivity (Wildman–Crippen MR) is 145 cm³/mol. The van der Waals surface area contributed by atoms with Crippen LogP contribution in [0.3, 0.4) is 0 Å². The van der Waals surface area contributed by atoms with Gasteiger partial charge < -0.3 is 10.7 Å². The van der Waals surface area contributed by atoms with Crippen LogP contribution in [0.25, 0.3) is 0 Å². The van der Waals surface area contributed by atoms with E-state index >= 15 is 0 Å². The molecular formula is C26H30FN9O2S. The number of aromatic nitrogens is 5. The Morgan fingerprint density at radius 3 is 2.54 bits per heavy atom. The van der Waals surface area contributed by atoms with Crippen molar-refractivity contribution in [2.45, 2.75) is 24.5 Å². The van der Waals surface area contributed by atoms with Gasteiger partial charge in [-0.25, -0.2) is 12.8 Å². The average molecular weight is 552 g/mol. The molecule has 0 bridgehead atoms. The number of aryl methyl sites for hydroxylation is 3. The van der Waals surface area contributed by atoms with Gasteiger partial charge in [-0.05, 0) is 60.5 Å². The second kappa shape index (κ2) is 10.7. The van der Waals surface area contributed by atoms with Gasteiger partial charge in [-0.1, -0.05) is 0 Å². The van der Waals surface area contributed by atoms with Crippen molar-refractivity contribution >= 4 is 27.6 Å². The molecule has 0 saturated carbocycles. The number of benzene rings is 2. The number of hydrogen-bond donors (Lipinski definition) is 2. The normalized spacial score (nSPS) is 16.9. The lowest BCUT2D eigenvalue weighted by Crippen LogP contribution is -2.50. The second-order valence-corrected chi connectivity index (χ2v) is 11.5. The Morgan fingerprint density at radius 1 is 1.13 bits per heavy atom. The number of sulfonamides is 1. The zero-order valence-electron chi connectivity index (χ0n) is 21.9.